The summed E-state index contributed by atoms with van der Waals surface area (Å²) < 4.78 is 5.37. The molecule has 2 atom stereocenters. The van der Waals surface area contributed by atoms with E-state index < -0.39 is 5.97 Å². The van der Waals surface area contributed by atoms with E-state index in [0.29, 0.717) is 18.1 Å². The number of piperidine rings is 1. The fourth-order valence-electron chi connectivity index (χ4n) is 4.55. The molecule has 0 amide bonds. The number of pyridine rings is 1. The molecule has 1 aliphatic heterocycles. The van der Waals surface area contributed by atoms with Crippen molar-refractivity contribution in [2.45, 2.75) is 25.7 Å². The average Bonchev–Trinajstić information content (AvgIpc) is 3.34. The second-order valence-electron chi connectivity index (χ2n) is 8.40. The Morgan fingerprint density at radius 2 is 2.27 bits per heavy atom. The molecule has 1 fully saturated rings. The number of hydrogen-bond acceptors (Lipinski definition) is 5. The summed E-state index contributed by atoms with van der Waals surface area (Å²) in [6.45, 7) is 2.03. The van der Waals surface area contributed by atoms with E-state index in [4.69, 9.17) is 16.3 Å². The van der Waals surface area contributed by atoms with Crippen molar-refractivity contribution in [3.05, 3.63) is 57.4 Å². The lowest BCUT2D eigenvalue weighted by Crippen LogP contribution is -2.44. The van der Waals surface area contributed by atoms with Gasteiger partial charge in [0.15, 0.2) is 0 Å². The molecule has 1 saturated heterocycles. The highest BCUT2D eigenvalue weighted by atomic mass is 35.5. The molecule has 3 heterocycles. The number of nitrogens with zero attached hydrogens (tertiary/aromatic N) is 2. The molecule has 0 aliphatic carbocycles. The predicted octanol–water partition coefficient (Wildman–Crippen LogP) is 5.36. The summed E-state index contributed by atoms with van der Waals surface area (Å²) in [5, 5.41) is 15.5. The molecule has 2 aromatic heterocycles. The molecule has 172 valence electrons. The van der Waals surface area contributed by atoms with Gasteiger partial charge in [-0.1, -0.05) is 23.4 Å². The van der Waals surface area contributed by atoms with Crippen molar-refractivity contribution in [1.29, 1.82) is 0 Å². The summed E-state index contributed by atoms with van der Waals surface area (Å²) in [6.07, 6.45) is 5.08. The first-order chi connectivity index (χ1) is 16.0. The second kappa shape index (κ2) is 11.0. The van der Waals surface area contributed by atoms with Crippen molar-refractivity contribution >= 4 is 39.8 Å². The quantitative estimate of drug-likeness (QED) is 0.459. The molecule has 0 saturated carbocycles. The standard InChI is InChI=1S/C26H27ClN2O3S/c1-32-20-7-8-25-22(14-20)21(24(27)15-28-25)6-2-5-19-9-12-29(16-23(19)26(30)31)11-3-4-18-10-13-33-17-18/h7-8,10,13-15,17,19,23H,2,5-6,9,11-12,16H2,1H3,(H,30,31). The highest BCUT2D eigenvalue weighted by Crippen LogP contribution is 2.32. The van der Waals surface area contributed by atoms with E-state index in [2.05, 4.69) is 21.7 Å². The van der Waals surface area contributed by atoms with Gasteiger partial charge < -0.3 is 9.84 Å². The summed E-state index contributed by atoms with van der Waals surface area (Å²) in [6, 6.07) is 7.80. The van der Waals surface area contributed by atoms with Gasteiger partial charge in [0.05, 0.1) is 30.1 Å². The van der Waals surface area contributed by atoms with Gasteiger partial charge >= 0.3 is 5.97 Å². The number of rotatable bonds is 7. The van der Waals surface area contributed by atoms with Gasteiger partial charge in [0.1, 0.15) is 5.75 Å². The minimum absolute atomic E-state index is 0.157. The van der Waals surface area contributed by atoms with Crippen LogP contribution in [0.3, 0.4) is 0 Å². The van der Waals surface area contributed by atoms with E-state index >= 15 is 0 Å². The molecule has 4 rings (SSSR count). The second-order valence-corrected chi connectivity index (χ2v) is 9.59. The minimum Gasteiger partial charge on any atom is -0.497 e. The molecule has 3 aromatic rings. The lowest BCUT2D eigenvalue weighted by atomic mass is 9.81. The van der Waals surface area contributed by atoms with Crippen molar-refractivity contribution in [3.8, 4) is 17.6 Å². The minimum atomic E-state index is -0.715. The van der Waals surface area contributed by atoms with E-state index in [1.807, 2.05) is 35.0 Å². The van der Waals surface area contributed by atoms with Crippen LogP contribution in [-0.4, -0.2) is 47.7 Å². The number of likely N-dealkylation sites (tertiary alicyclic amines) is 1. The summed E-state index contributed by atoms with van der Waals surface area (Å²) in [5.74, 6) is 6.19. The first kappa shape index (κ1) is 23.6. The maximum atomic E-state index is 12.0. The number of hydrogen-bond donors (Lipinski definition) is 1. The lowest BCUT2D eigenvalue weighted by molar-refractivity contribution is -0.146. The Morgan fingerprint density at radius 3 is 3.03 bits per heavy atom. The van der Waals surface area contributed by atoms with Gasteiger partial charge in [-0.05, 0) is 73.4 Å². The predicted molar refractivity (Wildman–Crippen MR) is 133 cm³/mol. The average molecular weight is 483 g/mol. The molecular weight excluding hydrogens is 456 g/mol. The third kappa shape index (κ3) is 5.86. The zero-order valence-electron chi connectivity index (χ0n) is 18.6. The SMILES string of the molecule is COc1ccc2ncc(Cl)c(CCCC3CCN(CC#Cc4ccsc4)CC3C(=O)O)c2c1. The number of carbonyl (C=O) groups is 1. The molecule has 33 heavy (non-hydrogen) atoms. The van der Waals surface area contributed by atoms with Crippen molar-refractivity contribution in [2.24, 2.45) is 11.8 Å². The number of aromatic nitrogens is 1. The first-order valence-electron chi connectivity index (χ1n) is 11.1. The number of carboxylic acids is 1. The van der Waals surface area contributed by atoms with E-state index in [1.165, 1.54) is 0 Å². The molecule has 2 unspecified atom stereocenters. The Hall–Kier alpha value is -2.59. The Kier molecular flexibility index (Phi) is 7.87. The van der Waals surface area contributed by atoms with Crippen LogP contribution < -0.4 is 4.74 Å². The monoisotopic (exact) mass is 482 g/mol. The maximum absolute atomic E-state index is 12.0. The van der Waals surface area contributed by atoms with Crippen LogP contribution in [0.15, 0.2) is 41.2 Å². The van der Waals surface area contributed by atoms with Crippen molar-refractivity contribution in [1.82, 2.24) is 9.88 Å². The highest BCUT2D eigenvalue weighted by Gasteiger charge is 2.33. The summed E-state index contributed by atoms with van der Waals surface area (Å²) in [5.41, 5.74) is 2.95. The number of methoxy groups -OCH3 is 1. The smallest absolute Gasteiger partial charge is 0.308 e. The Balaban J connectivity index is 1.37. The highest BCUT2D eigenvalue weighted by molar-refractivity contribution is 7.08. The Morgan fingerprint density at radius 1 is 1.39 bits per heavy atom. The van der Waals surface area contributed by atoms with Crippen molar-refractivity contribution in [3.63, 3.8) is 0 Å². The third-order valence-corrected chi connectivity index (χ3v) is 7.36. The van der Waals surface area contributed by atoms with Gasteiger partial charge in [-0.15, -0.1) is 0 Å². The van der Waals surface area contributed by atoms with Crippen molar-refractivity contribution < 1.29 is 14.6 Å². The van der Waals surface area contributed by atoms with E-state index in [1.54, 1.807) is 24.6 Å². The van der Waals surface area contributed by atoms with Crippen LogP contribution in [0.5, 0.6) is 5.75 Å². The van der Waals surface area contributed by atoms with Gasteiger partial charge in [-0.3, -0.25) is 14.7 Å². The van der Waals surface area contributed by atoms with Crippen LogP contribution in [0, 0.1) is 23.7 Å². The van der Waals surface area contributed by atoms with Gasteiger partial charge in [-0.25, -0.2) is 0 Å². The fraction of sp³-hybridized carbons (Fsp3) is 0.385. The number of ether oxygens (including phenoxy) is 1. The summed E-state index contributed by atoms with van der Waals surface area (Å²) >= 11 is 8.12. The fourth-order valence-corrected chi connectivity index (χ4v) is 5.38. The molecular formula is C26H27ClN2O3S. The van der Waals surface area contributed by atoms with Crippen LogP contribution >= 0.6 is 22.9 Å². The molecule has 5 nitrogen and oxygen atoms in total. The first-order valence-corrected chi connectivity index (χ1v) is 12.4. The van der Waals surface area contributed by atoms with Crippen LogP contribution in [0.2, 0.25) is 5.02 Å². The maximum Gasteiger partial charge on any atom is 0.308 e. The number of aliphatic carboxylic acids is 1. The number of benzene rings is 1. The molecule has 1 aromatic carbocycles. The molecule has 0 bridgehead atoms. The van der Waals surface area contributed by atoms with Gasteiger partial charge in [-0.2, -0.15) is 11.3 Å². The normalized spacial score (nSPS) is 18.6. The molecule has 0 radical (unpaired) electrons. The number of carboxylic acid groups (broad SMARTS) is 1. The van der Waals surface area contributed by atoms with Crippen LogP contribution in [0.25, 0.3) is 10.9 Å². The largest absolute Gasteiger partial charge is 0.497 e. The Bertz CT molecular complexity index is 1170. The number of aryl methyl sites for hydroxylation is 1. The number of thiophene rings is 1. The topological polar surface area (TPSA) is 62.7 Å². The number of fused-ring (bicyclic) bond motifs is 1. The summed E-state index contributed by atoms with van der Waals surface area (Å²) in [7, 11) is 1.64. The van der Waals surface area contributed by atoms with Crippen LogP contribution in [0.4, 0.5) is 0 Å². The summed E-state index contributed by atoms with van der Waals surface area (Å²) in [4.78, 5) is 18.6. The molecule has 7 heteroatoms. The zero-order valence-corrected chi connectivity index (χ0v) is 20.2. The van der Waals surface area contributed by atoms with Gasteiger partial charge in [0.25, 0.3) is 0 Å². The molecule has 0 spiro atoms. The third-order valence-electron chi connectivity index (χ3n) is 6.35. The number of halogens is 1. The zero-order chi connectivity index (χ0) is 23.2. The Labute approximate surface area is 203 Å². The van der Waals surface area contributed by atoms with E-state index in [-0.39, 0.29) is 11.8 Å². The van der Waals surface area contributed by atoms with Gasteiger partial charge in [0, 0.05) is 29.1 Å². The van der Waals surface area contributed by atoms with Crippen LogP contribution in [0.1, 0.15) is 30.4 Å². The lowest BCUT2D eigenvalue weighted by Gasteiger charge is -2.35. The molecule has 1 N–H and O–H groups in total. The molecule has 1 aliphatic rings. The van der Waals surface area contributed by atoms with Crippen LogP contribution in [-0.2, 0) is 11.2 Å². The van der Waals surface area contributed by atoms with E-state index in [0.717, 1.165) is 60.0 Å². The van der Waals surface area contributed by atoms with E-state index in [9.17, 15) is 9.90 Å². The van der Waals surface area contributed by atoms with Gasteiger partial charge in [0.2, 0.25) is 0 Å². The van der Waals surface area contributed by atoms with Crippen molar-refractivity contribution in [2.75, 3.05) is 26.7 Å².